The van der Waals surface area contributed by atoms with Crippen molar-refractivity contribution < 1.29 is 28.6 Å². The molecule has 0 N–H and O–H groups in total. The Morgan fingerprint density at radius 1 is 0.303 bits per heavy atom. The third-order valence-electron chi connectivity index (χ3n) is 11.6. The third-order valence-corrected chi connectivity index (χ3v) is 11.6. The molecule has 6 nitrogen and oxygen atoms in total. The van der Waals surface area contributed by atoms with Gasteiger partial charge in [0.05, 0.1) is 0 Å². The van der Waals surface area contributed by atoms with Gasteiger partial charge >= 0.3 is 17.9 Å². The average molecular weight is 919 g/mol. The van der Waals surface area contributed by atoms with Gasteiger partial charge in [0.25, 0.3) is 0 Å². The Balaban J connectivity index is 4.47. The SMILES string of the molecule is CCCCC/C=C\C/C=C\C/C=C\C/C=C\C/C=C\CCC(=O)OC[C@H](COC(=O)CCCCCCCCC/C=C\C/C=C\CCCCC)OC(=O)CCCCCCCCCCCCCC. The lowest BCUT2D eigenvalue weighted by Crippen LogP contribution is -2.30. The number of carbonyl (C=O) groups is 3. The second-order valence-electron chi connectivity index (χ2n) is 18.1. The van der Waals surface area contributed by atoms with E-state index in [2.05, 4.69) is 99.8 Å². The Bertz CT molecular complexity index is 1290. The van der Waals surface area contributed by atoms with Crippen molar-refractivity contribution in [3.8, 4) is 0 Å². The van der Waals surface area contributed by atoms with Gasteiger partial charge in [-0.3, -0.25) is 14.4 Å². The van der Waals surface area contributed by atoms with Crippen molar-refractivity contribution in [2.45, 2.75) is 264 Å². The second kappa shape index (κ2) is 54.2. The summed E-state index contributed by atoms with van der Waals surface area (Å²) in [4.78, 5) is 38.0. The van der Waals surface area contributed by atoms with E-state index in [1.807, 2.05) is 6.08 Å². The first kappa shape index (κ1) is 62.6. The largest absolute Gasteiger partial charge is 0.462 e. The van der Waals surface area contributed by atoms with Gasteiger partial charge < -0.3 is 14.2 Å². The van der Waals surface area contributed by atoms with Crippen LogP contribution in [0.2, 0.25) is 0 Å². The summed E-state index contributed by atoms with van der Waals surface area (Å²) < 4.78 is 16.8. The number of hydrogen-bond donors (Lipinski definition) is 0. The second-order valence-corrected chi connectivity index (χ2v) is 18.1. The van der Waals surface area contributed by atoms with Crippen LogP contribution in [0.5, 0.6) is 0 Å². The summed E-state index contributed by atoms with van der Waals surface area (Å²) in [7, 11) is 0. The van der Waals surface area contributed by atoms with Crippen molar-refractivity contribution in [2.75, 3.05) is 13.2 Å². The lowest BCUT2D eigenvalue weighted by molar-refractivity contribution is -0.166. The molecule has 66 heavy (non-hydrogen) atoms. The first-order valence-corrected chi connectivity index (χ1v) is 27.6. The van der Waals surface area contributed by atoms with Gasteiger partial charge in [0.15, 0.2) is 6.10 Å². The van der Waals surface area contributed by atoms with Crippen LogP contribution in [0.15, 0.2) is 85.1 Å². The van der Waals surface area contributed by atoms with Crippen LogP contribution in [0.25, 0.3) is 0 Å². The fourth-order valence-corrected chi connectivity index (χ4v) is 7.45. The van der Waals surface area contributed by atoms with Crippen molar-refractivity contribution in [1.29, 1.82) is 0 Å². The highest BCUT2D eigenvalue weighted by atomic mass is 16.6. The Hall–Kier alpha value is -3.41. The fraction of sp³-hybridized carbons (Fsp3) is 0.717. The van der Waals surface area contributed by atoms with Crippen molar-refractivity contribution >= 4 is 17.9 Å². The predicted octanol–water partition coefficient (Wildman–Crippen LogP) is 18.4. The van der Waals surface area contributed by atoms with Crippen molar-refractivity contribution in [2.24, 2.45) is 0 Å². The zero-order valence-corrected chi connectivity index (χ0v) is 43.2. The Morgan fingerprint density at radius 2 is 0.576 bits per heavy atom. The summed E-state index contributed by atoms with van der Waals surface area (Å²) >= 11 is 0. The fourth-order valence-electron chi connectivity index (χ4n) is 7.45. The minimum atomic E-state index is -0.808. The summed E-state index contributed by atoms with van der Waals surface area (Å²) in [5.41, 5.74) is 0. The molecule has 1 atom stereocenters. The molecule has 0 radical (unpaired) electrons. The van der Waals surface area contributed by atoms with Crippen LogP contribution < -0.4 is 0 Å². The maximum atomic E-state index is 12.8. The van der Waals surface area contributed by atoms with Gasteiger partial charge in [-0.05, 0) is 89.9 Å². The molecule has 0 aliphatic heterocycles. The summed E-state index contributed by atoms with van der Waals surface area (Å²) in [5.74, 6) is -0.992. The molecule has 0 heterocycles. The lowest BCUT2D eigenvalue weighted by atomic mass is 10.0. The molecule has 0 aromatic heterocycles. The molecule has 0 amide bonds. The minimum absolute atomic E-state index is 0.102. The van der Waals surface area contributed by atoms with Gasteiger partial charge in [-0.1, -0.05) is 234 Å². The number of ether oxygens (including phenoxy) is 3. The highest BCUT2D eigenvalue weighted by Gasteiger charge is 2.19. The number of esters is 3. The van der Waals surface area contributed by atoms with Crippen LogP contribution in [-0.2, 0) is 28.6 Å². The van der Waals surface area contributed by atoms with E-state index >= 15 is 0 Å². The van der Waals surface area contributed by atoms with Gasteiger partial charge in [0, 0.05) is 19.3 Å². The number of hydrogen-bond acceptors (Lipinski definition) is 6. The maximum Gasteiger partial charge on any atom is 0.306 e. The smallest absolute Gasteiger partial charge is 0.306 e. The molecule has 0 aliphatic rings. The summed E-state index contributed by atoms with van der Waals surface area (Å²) in [6, 6.07) is 0. The quantitative estimate of drug-likeness (QED) is 0.0262. The van der Waals surface area contributed by atoms with Crippen LogP contribution in [0.1, 0.15) is 258 Å². The van der Waals surface area contributed by atoms with E-state index < -0.39 is 6.10 Å². The van der Waals surface area contributed by atoms with Gasteiger partial charge in [0.1, 0.15) is 13.2 Å². The van der Waals surface area contributed by atoms with Crippen molar-refractivity contribution in [3.05, 3.63) is 85.1 Å². The topological polar surface area (TPSA) is 78.9 Å². The average Bonchev–Trinajstić information content (AvgIpc) is 3.31. The summed E-state index contributed by atoms with van der Waals surface area (Å²) in [6.07, 6.45) is 70.0. The molecular formula is C60H102O6. The van der Waals surface area contributed by atoms with E-state index in [-0.39, 0.29) is 37.5 Å². The number of allylic oxidation sites excluding steroid dienone is 14. The van der Waals surface area contributed by atoms with Gasteiger partial charge in [0.2, 0.25) is 0 Å². The molecular weight excluding hydrogens is 817 g/mol. The summed E-state index contributed by atoms with van der Waals surface area (Å²) in [5, 5.41) is 0. The number of carbonyl (C=O) groups excluding carboxylic acids is 3. The van der Waals surface area contributed by atoms with Crippen LogP contribution in [0.4, 0.5) is 0 Å². The molecule has 0 unspecified atom stereocenters. The number of unbranched alkanes of at least 4 members (excludes halogenated alkanes) is 24. The van der Waals surface area contributed by atoms with Crippen LogP contribution in [0, 0.1) is 0 Å². The molecule has 378 valence electrons. The van der Waals surface area contributed by atoms with Crippen LogP contribution >= 0.6 is 0 Å². The van der Waals surface area contributed by atoms with Gasteiger partial charge in [-0.25, -0.2) is 0 Å². The lowest BCUT2D eigenvalue weighted by Gasteiger charge is -2.18. The Morgan fingerprint density at radius 3 is 0.970 bits per heavy atom. The third kappa shape index (κ3) is 51.6. The van der Waals surface area contributed by atoms with E-state index in [0.29, 0.717) is 19.3 Å². The van der Waals surface area contributed by atoms with E-state index in [0.717, 1.165) is 77.0 Å². The minimum Gasteiger partial charge on any atom is -0.462 e. The van der Waals surface area contributed by atoms with E-state index in [4.69, 9.17) is 14.2 Å². The molecule has 0 aliphatic carbocycles. The molecule has 0 spiro atoms. The molecule has 0 saturated carbocycles. The first-order valence-electron chi connectivity index (χ1n) is 27.6. The van der Waals surface area contributed by atoms with E-state index in [9.17, 15) is 14.4 Å². The number of rotatable bonds is 49. The first-order chi connectivity index (χ1) is 32.5. The predicted molar refractivity (Wildman–Crippen MR) is 284 cm³/mol. The van der Waals surface area contributed by atoms with Crippen LogP contribution in [-0.4, -0.2) is 37.2 Å². The normalized spacial score (nSPS) is 12.7. The Labute approximate surface area is 407 Å². The van der Waals surface area contributed by atoms with E-state index in [1.165, 1.54) is 135 Å². The molecule has 0 aromatic rings. The van der Waals surface area contributed by atoms with Gasteiger partial charge in [-0.15, -0.1) is 0 Å². The van der Waals surface area contributed by atoms with Crippen molar-refractivity contribution in [1.82, 2.24) is 0 Å². The monoisotopic (exact) mass is 919 g/mol. The molecule has 0 aromatic carbocycles. The summed E-state index contributed by atoms with van der Waals surface area (Å²) in [6.45, 7) is 6.52. The highest BCUT2D eigenvalue weighted by molar-refractivity contribution is 5.71. The van der Waals surface area contributed by atoms with Crippen molar-refractivity contribution in [3.63, 3.8) is 0 Å². The van der Waals surface area contributed by atoms with Crippen LogP contribution in [0.3, 0.4) is 0 Å². The molecule has 0 fully saturated rings. The molecule has 0 bridgehead atoms. The zero-order chi connectivity index (χ0) is 47.9. The van der Waals surface area contributed by atoms with E-state index in [1.54, 1.807) is 0 Å². The molecule has 6 heteroatoms. The standard InChI is InChI=1S/C60H102O6/c1-4-7-10-13-16-19-22-25-27-29-30-32-34-36-39-41-44-47-50-53-59(62)65-56-57(66-60(63)54-51-48-45-42-37-24-21-18-15-12-9-6-3)55-64-58(61)52-49-46-43-40-38-35-33-31-28-26-23-20-17-14-11-8-5-2/h16-17,19-20,25-28,30,32,36,39,44,47,57H,4-15,18,21-24,29,31,33-35,37-38,40-43,45-46,48-56H2,1-3H3/b19-16-,20-17-,27-25-,28-26-,32-30-,39-36-,47-44-/t57-/m0/s1. The Kier molecular flexibility index (Phi) is 51.4. The molecule has 0 rings (SSSR count). The van der Waals surface area contributed by atoms with Gasteiger partial charge in [-0.2, -0.15) is 0 Å². The maximum absolute atomic E-state index is 12.8. The molecule has 0 saturated heterocycles. The highest BCUT2D eigenvalue weighted by Crippen LogP contribution is 2.15. The zero-order valence-electron chi connectivity index (χ0n) is 43.2.